The third kappa shape index (κ3) is 3.34. The molecule has 0 radical (unpaired) electrons. The van der Waals surface area contributed by atoms with Crippen LogP contribution in [0.1, 0.15) is 5.69 Å². The van der Waals surface area contributed by atoms with Gasteiger partial charge in [0.2, 0.25) is 0 Å². The monoisotopic (exact) mass is 280 g/mol. The third-order valence-electron chi connectivity index (χ3n) is 1.84. The molecule has 92 valence electrons. The number of hydrogen-bond donors (Lipinski definition) is 1. The summed E-state index contributed by atoms with van der Waals surface area (Å²) in [6.07, 6.45) is 4.88. The van der Waals surface area contributed by atoms with Crippen molar-refractivity contribution in [2.75, 3.05) is 0 Å². The van der Waals surface area contributed by atoms with Crippen LogP contribution < -0.4 is 5.56 Å². The summed E-state index contributed by atoms with van der Waals surface area (Å²) in [4.78, 5) is 10.9. The van der Waals surface area contributed by atoms with Crippen LogP contribution in [0.4, 0.5) is 0 Å². The maximum atomic E-state index is 11.2. The van der Waals surface area contributed by atoms with Gasteiger partial charge in [0.25, 0.3) is 5.56 Å². The van der Waals surface area contributed by atoms with Gasteiger partial charge in [-0.15, -0.1) is 5.10 Å². The molecule has 1 aliphatic rings. The van der Waals surface area contributed by atoms with Gasteiger partial charge in [-0.2, -0.15) is 10.2 Å². The minimum absolute atomic E-state index is 0.164. The van der Waals surface area contributed by atoms with E-state index in [9.17, 15) is 9.00 Å². The van der Waals surface area contributed by atoms with Crippen molar-refractivity contribution in [3.05, 3.63) is 52.0 Å². The Kier molecular flexibility index (Phi) is 4.37. The minimum atomic E-state index is -0.988. The van der Waals surface area contributed by atoms with Crippen LogP contribution in [0.5, 0.6) is 0 Å². The molecule has 1 atom stereocenters. The highest BCUT2D eigenvalue weighted by Crippen LogP contribution is 2.27. The Morgan fingerprint density at radius 2 is 2.17 bits per heavy atom. The molecule has 0 fully saturated rings. The van der Waals surface area contributed by atoms with Crippen molar-refractivity contribution in [1.29, 1.82) is 0 Å². The molecule has 8 heteroatoms. The van der Waals surface area contributed by atoms with Gasteiger partial charge >= 0.3 is 0 Å². The number of fused-ring (bicyclic) bond motifs is 1. The average molecular weight is 280 g/mol. The third-order valence-corrected chi connectivity index (χ3v) is 4.36. The van der Waals surface area contributed by atoms with E-state index in [0.717, 1.165) is 4.90 Å². The zero-order valence-electron chi connectivity index (χ0n) is 9.02. The molecular weight excluding hydrogens is 272 g/mol. The van der Waals surface area contributed by atoms with Crippen molar-refractivity contribution in [1.82, 2.24) is 20.4 Å². The van der Waals surface area contributed by atoms with Crippen LogP contribution in [0.25, 0.3) is 6.08 Å². The fourth-order valence-corrected chi connectivity index (χ4v) is 3.14. The molecule has 1 unspecified atom stereocenters. The second kappa shape index (κ2) is 6.22. The lowest BCUT2D eigenvalue weighted by Gasteiger charge is -2.04. The van der Waals surface area contributed by atoms with Crippen LogP contribution in [-0.2, 0) is 9.83 Å². The van der Waals surface area contributed by atoms with Crippen LogP contribution in [0.2, 0.25) is 0 Å². The fraction of sp³-hybridized carbons (Fsp3) is 0. The fourth-order valence-electron chi connectivity index (χ4n) is 1.09. The topological polar surface area (TPSA) is 88.6 Å². The Morgan fingerprint density at radius 1 is 1.28 bits per heavy atom. The summed E-state index contributed by atoms with van der Waals surface area (Å²) in [6, 6.07) is 4.72. The maximum absolute atomic E-state index is 11.2. The highest BCUT2D eigenvalue weighted by Gasteiger charge is 2.12. The first-order valence-corrected chi connectivity index (χ1v) is 7.39. The van der Waals surface area contributed by atoms with Crippen LogP contribution in [0, 0.1) is 0 Å². The molecule has 2 aromatic heterocycles. The number of aromatic nitrogens is 4. The van der Waals surface area contributed by atoms with E-state index in [0.29, 0.717) is 5.69 Å². The van der Waals surface area contributed by atoms with E-state index >= 15 is 0 Å². The predicted molar refractivity (Wildman–Crippen MR) is 69.9 cm³/mol. The number of nitrogens with zero attached hydrogens (tertiary/aromatic N) is 3. The molecule has 0 aromatic carbocycles. The number of aromatic amines is 1. The molecule has 18 heavy (non-hydrogen) atoms. The largest absolute Gasteiger partial charge is 0.268 e. The van der Waals surface area contributed by atoms with Gasteiger partial charge in [-0.3, -0.25) is 4.79 Å². The maximum Gasteiger partial charge on any atom is 0.264 e. The van der Waals surface area contributed by atoms with Crippen LogP contribution in [0.3, 0.4) is 0 Å². The normalized spacial score (nSPS) is 16.3. The summed E-state index contributed by atoms with van der Waals surface area (Å²) in [5.41, 5.74) is 0.548. The Bertz CT molecular complexity index is 624. The van der Waals surface area contributed by atoms with Gasteiger partial charge in [0.05, 0.1) is 11.1 Å². The highest BCUT2D eigenvalue weighted by molar-refractivity contribution is 8.70. The first-order valence-electron chi connectivity index (χ1n) is 4.84. The summed E-state index contributed by atoms with van der Waals surface area (Å²) in [7, 11) is 0.297. The number of H-pyrrole nitrogens is 1. The summed E-state index contributed by atoms with van der Waals surface area (Å²) in [5.74, 6) is 0. The van der Waals surface area contributed by atoms with E-state index in [4.69, 9.17) is 0 Å². The molecule has 0 saturated carbocycles. The first kappa shape index (κ1) is 12.7. The van der Waals surface area contributed by atoms with Gasteiger partial charge in [0, 0.05) is 12.3 Å². The highest BCUT2D eigenvalue weighted by atomic mass is 33.1. The lowest BCUT2D eigenvalue weighted by atomic mass is 10.4. The van der Waals surface area contributed by atoms with Crippen molar-refractivity contribution in [3.63, 3.8) is 0 Å². The van der Waals surface area contributed by atoms with E-state index in [1.807, 2.05) is 6.08 Å². The first-order chi connectivity index (χ1) is 8.77. The second-order valence-electron chi connectivity index (χ2n) is 3.03. The van der Waals surface area contributed by atoms with E-state index in [1.165, 1.54) is 23.1 Å². The molecule has 1 aliphatic heterocycles. The van der Waals surface area contributed by atoms with Crippen molar-refractivity contribution in [2.24, 2.45) is 0 Å². The van der Waals surface area contributed by atoms with Gasteiger partial charge in [0.15, 0.2) is 0 Å². The zero-order valence-corrected chi connectivity index (χ0v) is 10.6. The van der Waals surface area contributed by atoms with Gasteiger partial charge in [0.1, 0.15) is 15.5 Å². The van der Waals surface area contributed by atoms with Gasteiger partial charge < -0.3 is 0 Å². The van der Waals surface area contributed by atoms with Crippen molar-refractivity contribution >= 4 is 26.7 Å². The Labute approximate surface area is 108 Å². The zero-order chi connectivity index (χ0) is 12.8. The summed E-state index contributed by atoms with van der Waals surface area (Å²) in [6.45, 7) is 0. The van der Waals surface area contributed by atoms with Crippen molar-refractivity contribution in [3.8, 4) is 0 Å². The second-order valence-corrected chi connectivity index (χ2v) is 5.89. The molecule has 2 aromatic rings. The minimum Gasteiger partial charge on any atom is -0.268 e. The van der Waals surface area contributed by atoms with Gasteiger partial charge in [-0.05, 0) is 34.4 Å². The molecule has 0 bridgehead atoms. The lowest BCUT2D eigenvalue weighted by Crippen LogP contribution is -2.02. The van der Waals surface area contributed by atoms with Gasteiger partial charge in [-0.25, -0.2) is 9.31 Å². The molecule has 0 saturated heterocycles. The Morgan fingerprint density at radius 3 is 2.78 bits per heavy atom. The van der Waals surface area contributed by atoms with E-state index in [-0.39, 0.29) is 5.56 Å². The van der Waals surface area contributed by atoms with Crippen LogP contribution in [-0.4, -0.2) is 24.6 Å². The molecular formula is C10H8N4O2S2. The van der Waals surface area contributed by atoms with Gasteiger partial charge in [-0.1, -0.05) is 0 Å². The van der Waals surface area contributed by atoms with E-state index in [2.05, 4.69) is 20.4 Å². The molecule has 0 amide bonds. The van der Waals surface area contributed by atoms with Crippen molar-refractivity contribution in [2.45, 2.75) is 4.90 Å². The lowest BCUT2D eigenvalue weighted by molar-refractivity contribution is 0.690. The molecule has 0 spiro atoms. The SMILES string of the molecule is O=S1SC=Cc2nnccc21.O=c1cccn[nH]1. The van der Waals surface area contributed by atoms with Crippen LogP contribution in [0.15, 0.2) is 45.7 Å². The molecule has 6 nitrogen and oxygen atoms in total. The standard InChI is InChI=1S/C6H4N2OS2.C4H4N2O/c9-11-6-1-3-7-8-5(6)2-4-10-11;7-4-2-1-3-5-6-4/h1-4H;1-3H,(H,6,7). The molecule has 0 aliphatic carbocycles. The number of nitrogens with one attached hydrogen (secondary N) is 1. The van der Waals surface area contributed by atoms with E-state index in [1.54, 1.807) is 23.7 Å². The quantitative estimate of drug-likeness (QED) is 0.724. The molecule has 1 N–H and O–H groups in total. The Balaban J connectivity index is 0.000000149. The summed E-state index contributed by atoms with van der Waals surface area (Å²) < 4.78 is 11.2. The van der Waals surface area contributed by atoms with E-state index < -0.39 is 9.83 Å². The average Bonchev–Trinajstić information content (AvgIpc) is 2.41. The predicted octanol–water partition coefficient (Wildman–Crippen LogP) is 0.987. The summed E-state index contributed by atoms with van der Waals surface area (Å²) >= 11 is 0. The Hall–Kier alpha value is -1.80. The smallest absolute Gasteiger partial charge is 0.264 e. The number of rotatable bonds is 0. The number of hydrogen-bond acceptors (Lipinski definition) is 6. The molecule has 3 rings (SSSR count). The summed E-state index contributed by atoms with van der Waals surface area (Å²) in [5, 5.41) is 15.0. The van der Waals surface area contributed by atoms with Crippen molar-refractivity contribution < 1.29 is 4.21 Å². The van der Waals surface area contributed by atoms with Crippen LogP contribution >= 0.6 is 10.8 Å². The molecule has 3 heterocycles.